The highest BCUT2D eigenvalue weighted by molar-refractivity contribution is 7.89. The monoisotopic (exact) mass is 375 g/mol. The molecule has 3 aromatic rings. The summed E-state index contributed by atoms with van der Waals surface area (Å²) in [5, 5.41) is 2.44. The number of halogens is 1. The van der Waals surface area contributed by atoms with Crippen LogP contribution in [0.5, 0.6) is 0 Å². The van der Waals surface area contributed by atoms with E-state index in [1.807, 2.05) is 32.0 Å². The highest BCUT2D eigenvalue weighted by Gasteiger charge is 2.17. The van der Waals surface area contributed by atoms with Crippen molar-refractivity contribution >= 4 is 21.2 Å². The van der Waals surface area contributed by atoms with Crippen molar-refractivity contribution < 1.29 is 12.8 Å². The number of hydrogen-bond acceptors (Lipinski definition) is 4. The van der Waals surface area contributed by atoms with Gasteiger partial charge in [0, 0.05) is 10.9 Å². The van der Waals surface area contributed by atoms with Crippen LogP contribution in [0.2, 0.25) is 0 Å². The first-order valence-corrected chi connectivity index (χ1v) is 10.5. The van der Waals surface area contributed by atoms with E-state index in [4.69, 9.17) is 0 Å². The lowest BCUT2D eigenvalue weighted by atomic mass is 10.1. The van der Waals surface area contributed by atoms with Gasteiger partial charge in [-0.1, -0.05) is 23.8 Å². The van der Waals surface area contributed by atoms with Gasteiger partial charge in [-0.2, -0.15) is 0 Å². The Bertz CT molecular complexity index is 993. The number of sulfone groups is 1. The summed E-state index contributed by atoms with van der Waals surface area (Å²) in [5.74, 6) is -0.404. The van der Waals surface area contributed by atoms with Crippen LogP contribution in [-0.4, -0.2) is 13.4 Å². The minimum Gasteiger partial charge on any atom is -0.240 e. The molecule has 0 aliphatic rings. The maximum atomic E-state index is 13.0. The van der Waals surface area contributed by atoms with E-state index >= 15 is 0 Å². The molecule has 0 saturated carbocycles. The summed E-state index contributed by atoms with van der Waals surface area (Å²) in [6, 6.07) is 11.8. The second-order valence-electron chi connectivity index (χ2n) is 6.11. The van der Waals surface area contributed by atoms with Gasteiger partial charge in [0.05, 0.1) is 17.2 Å². The minimum absolute atomic E-state index is 0.00389. The van der Waals surface area contributed by atoms with Gasteiger partial charge in [0.15, 0.2) is 9.84 Å². The normalized spacial score (nSPS) is 11.6. The van der Waals surface area contributed by atoms with Gasteiger partial charge in [0.2, 0.25) is 0 Å². The first-order chi connectivity index (χ1) is 11.8. The zero-order valence-corrected chi connectivity index (χ0v) is 15.6. The molecule has 1 heterocycles. The van der Waals surface area contributed by atoms with Crippen molar-refractivity contribution in [2.45, 2.75) is 25.4 Å². The van der Waals surface area contributed by atoms with Crippen molar-refractivity contribution in [2.24, 2.45) is 0 Å². The van der Waals surface area contributed by atoms with E-state index < -0.39 is 9.84 Å². The largest absolute Gasteiger partial charge is 0.240 e. The molecule has 3 rings (SSSR count). The average Bonchev–Trinajstić information content (AvgIpc) is 2.99. The third-order valence-electron chi connectivity index (χ3n) is 3.89. The van der Waals surface area contributed by atoms with Gasteiger partial charge < -0.3 is 0 Å². The fourth-order valence-electron chi connectivity index (χ4n) is 2.57. The summed E-state index contributed by atoms with van der Waals surface area (Å²) in [4.78, 5) is 4.39. The quantitative estimate of drug-likeness (QED) is 0.650. The Kier molecular flexibility index (Phi) is 5.01. The second-order valence-corrected chi connectivity index (χ2v) is 9.04. The molecule has 0 unspecified atom stereocenters. The molecule has 0 amide bonds. The minimum atomic E-state index is -3.32. The van der Waals surface area contributed by atoms with Crippen LogP contribution in [0.4, 0.5) is 4.39 Å². The highest BCUT2D eigenvalue weighted by Crippen LogP contribution is 2.25. The molecule has 2 aromatic carbocycles. The predicted molar refractivity (Wildman–Crippen MR) is 99.8 cm³/mol. The van der Waals surface area contributed by atoms with Gasteiger partial charge in [0.1, 0.15) is 10.8 Å². The van der Waals surface area contributed by atoms with Crippen molar-refractivity contribution in [1.29, 1.82) is 0 Å². The standard InChI is InChI=1S/C19H18FNO2S2/c1-13-3-4-14(2)16(9-13)11-25(22,23)12-18-10-24-19(21-18)15-5-7-17(20)8-6-15/h3-10H,11-12H2,1-2H3. The Morgan fingerprint density at radius 3 is 2.48 bits per heavy atom. The van der Waals surface area contributed by atoms with E-state index in [2.05, 4.69) is 4.98 Å². The van der Waals surface area contributed by atoms with Crippen LogP contribution in [0.25, 0.3) is 10.6 Å². The van der Waals surface area contributed by atoms with Gasteiger partial charge in [0.25, 0.3) is 0 Å². The first kappa shape index (κ1) is 17.8. The summed E-state index contributed by atoms with van der Waals surface area (Å²) in [6.45, 7) is 3.87. The van der Waals surface area contributed by atoms with Crippen LogP contribution in [0.1, 0.15) is 22.4 Å². The molecule has 0 aliphatic heterocycles. The van der Waals surface area contributed by atoms with Crippen LogP contribution < -0.4 is 0 Å². The molecule has 3 nitrogen and oxygen atoms in total. The van der Waals surface area contributed by atoms with Crippen LogP contribution in [0.3, 0.4) is 0 Å². The zero-order valence-electron chi connectivity index (χ0n) is 14.0. The van der Waals surface area contributed by atoms with Crippen LogP contribution >= 0.6 is 11.3 Å². The predicted octanol–water partition coefficient (Wildman–Crippen LogP) is 4.68. The number of hydrogen-bond donors (Lipinski definition) is 0. The first-order valence-electron chi connectivity index (χ1n) is 7.79. The number of thiazole rings is 1. The molecule has 0 saturated heterocycles. The third-order valence-corrected chi connectivity index (χ3v) is 6.32. The lowest BCUT2D eigenvalue weighted by molar-refractivity contribution is 0.594. The molecule has 0 atom stereocenters. The van der Waals surface area contributed by atoms with Crippen molar-refractivity contribution in [1.82, 2.24) is 4.98 Å². The number of aromatic nitrogens is 1. The third kappa shape index (κ3) is 4.52. The molecule has 0 bridgehead atoms. The molecule has 25 heavy (non-hydrogen) atoms. The van der Waals surface area contributed by atoms with E-state index in [-0.39, 0.29) is 17.3 Å². The van der Waals surface area contributed by atoms with Gasteiger partial charge >= 0.3 is 0 Å². The van der Waals surface area contributed by atoms with Crippen molar-refractivity contribution in [3.63, 3.8) is 0 Å². The summed E-state index contributed by atoms with van der Waals surface area (Å²) in [6.07, 6.45) is 0. The Hall–Kier alpha value is -2.05. The number of aryl methyl sites for hydroxylation is 2. The SMILES string of the molecule is Cc1ccc(C)c(CS(=O)(=O)Cc2csc(-c3ccc(F)cc3)n2)c1. The van der Waals surface area contributed by atoms with E-state index in [0.717, 1.165) is 22.3 Å². The molecule has 0 aliphatic carbocycles. The summed E-state index contributed by atoms with van der Waals surface area (Å²) >= 11 is 1.36. The van der Waals surface area contributed by atoms with Gasteiger partial charge in [-0.25, -0.2) is 17.8 Å². The van der Waals surface area contributed by atoms with Crippen molar-refractivity contribution in [3.05, 3.63) is 76.0 Å². The Balaban J connectivity index is 1.77. The van der Waals surface area contributed by atoms with Gasteiger partial charge in [-0.3, -0.25) is 0 Å². The Morgan fingerprint density at radius 2 is 1.76 bits per heavy atom. The van der Waals surface area contributed by atoms with Crippen LogP contribution in [-0.2, 0) is 21.3 Å². The van der Waals surface area contributed by atoms with Gasteiger partial charge in [-0.05, 0) is 49.2 Å². The van der Waals surface area contributed by atoms with Crippen molar-refractivity contribution in [3.8, 4) is 10.6 Å². The summed E-state index contributed by atoms with van der Waals surface area (Å²) in [7, 11) is -3.32. The molecular formula is C19H18FNO2S2. The zero-order chi connectivity index (χ0) is 18.0. The molecule has 0 radical (unpaired) electrons. The lowest BCUT2D eigenvalue weighted by Gasteiger charge is -2.07. The number of rotatable bonds is 5. The van der Waals surface area contributed by atoms with Crippen LogP contribution in [0, 0.1) is 19.7 Å². The molecule has 0 fully saturated rings. The van der Waals surface area contributed by atoms with E-state index in [1.54, 1.807) is 17.5 Å². The molecule has 1 aromatic heterocycles. The molecule has 130 valence electrons. The molecular weight excluding hydrogens is 357 g/mol. The van der Waals surface area contributed by atoms with Gasteiger partial charge in [-0.15, -0.1) is 11.3 Å². The molecule has 0 N–H and O–H groups in total. The number of nitrogens with zero attached hydrogens (tertiary/aromatic N) is 1. The fourth-order valence-corrected chi connectivity index (χ4v) is 4.98. The molecule has 6 heteroatoms. The van der Waals surface area contributed by atoms with E-state index in [0.29, 0.717) is 10.7 Å². The second kappa shape index (κ2) is 7.06. The van der Waals surface area contributed by atoms with Crippen LogP contribution in [0.15, 0.2) is 47.8 Å². The maximum absolute atomic E-state index is 13.0. The highest BCUT2D eigenvalue weighted by atomic mass is 32.2. The fraction of sp³-hybridized carbons (Fsp3) is 0.211. The Morgan fingerprint density at radius 1 is 1.04 bits per heavy atom. The topological polar surface area (TPSA) is 47.0 Å². The number of benzene rings is 2. The van der Waals surface area contributed by atoms with E-state index in [1.165, 1.54) is 23.5 Å². The average molecular weight is 375 g/mol. The van der Waals surface area contributed by atoms with Crippen molar-refractivity contribution in [2.75, 3.05) is 0 Å². The van der Waals surface area contributed by atoms with E-state index in [9.17, 15) is 12.8 Å². The summed E-state index contributed by atoms with van der Waals surface area (Å²) in [5.41, 5.74) is 4.15. The lowest BCUT2D eigenvalue weighted by Crippen LogP contribution is -2.09. The molecule has 0 spiro atoms. The smallest absolute Gasteiger partial charge is 0.160 e. The Labute approximate surface area is 151 Å². The summed E-state index contributed by atoms with van der Waals surface area (Å²) < 4.78 is 38.1. The maximum Gasteiger partial charge on any atom is 0.160 e.